The number of nitrogens with zero attached hydrogens (tertiary/aromatic N) is 1. The molecule has 0 atom stereocenters. The van der Waals surface area contributed by atoms with Gasteiger partial charge in [0.25, 0.3) is 5.91 Å². The number of aliphatic hydroxyl groups is 1. The fraction of sp³-hybridized carbons (Fsp3) is 0.375. The van der Waals surface area contributed by atoms with Crippen LogP contribution in [0.2, 0.25) is 5.02 Å². The van der Waals surface area contributed by atoms with Gasteiger partial charge in [0.15, 0.2) is 0 Å². The molecule has 0 spiro atoms. The van der Waals surface area contributed by atoms with E-state index in [2.05, 4.69) is 10.5 Å². The van der Waals surface area contributed by atoms with Crippen LogP contribution in [0.4, 0.5) is 0 Å². The fourth-order valence-corrected chi connectivity index (χ4v) is 2.63. The Hall–Kier alpha value is -1.85. The quantitative estimate of drug-likeness (QED) is 0.888. The lowest BCUT2D eigenvalue weighted by Crippen LogP contribution is -2.32. The van der Waals surface area contributed by atoms with Gasteiger partial charge in [-0.15, -0.1) is 0 Å². The van der Waals surface area contributed by atoms with E-state index in [0.717, 1.165) is 12.8 Å². The summed E-state index contributed by atoms with van der Waals surface area (Å²) in [5.41, 5.74) is 1.34. The molecule has 6 heteroatoms. The van der Waals surface area contributed by atoms with E-state index in [0.29, 0.717) is 34.1 Å². The predicted octanol–water partition coefficient (Wildman–Crippen LogP) is 2.81. The molecule has 0 radical (unpaired) electrons. The van der Waals surface area contributed by atoms with Gasteiger partial charge in [-0.05, 0) is 25.8 Å². The molecule has 1 aromatic heterocycles. The standard InChI is InChI=1S/C16H17ClN2O3/c1-10-13(15(21)18-8-16(9-20)6-7-16)14(19-22-10)11-4-2-3-5-12(11)17/h2-5,20H,6-9H2,1H3,(H,18,21). The lowest BCUT2D eigenvalue weighted by molar-refractivity contribution is 0.0934. The summed E-state index contributed by atoms with van der Waals surface area (Å²) in [6.45, 7) is 2.24. The van der Waals surface area contributed by atoms with Gasteiger partial charge in [-0.25, -0.2) is 0 Å². The highest BCUT2D eigenvalue weighted by Gasteiger charge is 2.42. The lowest BCUT2D eigenvalue weighted by Gasteiger charge is -2.12. The smallest absolute Gasteiger partial charge is 0.257 e. The number of hydrogen-bond donors (Lipinski definition) is 2. The SMILES string of the molecule is Cc1onc(-c2ccccc2Cl)c1C(=O)NCC1(CO)CC1. The number of aliphatic hydroxyl groups excluding tert-OH is 1. The molecule has 116 valence electrons. The minimum Gasteiger partial charge on any atom is -0.396 e. The summed E-state index contributed by atoms with van der Waals surface area (Å²) >= 11 is 6.18. The van der Waals surface area contributed by atoms with Gasteiger partial charge in [-0.1, -0.05) is 35.0 Å². The zero-order chi connectivity index (χ0) is 15.7. The van der Waals surface area contributed by atoms with Crippen LogP contribution in [0.25, 0.3) is 11.3 Å². The predicted molar refractivity (Wildman–Crippen MR) is 82.8 cm³/mol. The van der Waals surface area contributed by atoms with Crippen molar-refractivity contribution in [2.45, 2.75) is 19.8 Å². The first-order chi connectivity index (χ1) is 10.6. The molecule has 22 heavy (non-hydrogen) atoms. The van der Waals surface area contributed by atoms with Gasteiger partial charge in [-0.2, -0.15) is 0 Å². The zero-order valence-corrected chi connectivity index (χ0v) is 13.0. The molecule has 1 aliphatic carbocycles. The van der Waals surface area contributed by atoms with Crippen LogP contribution in [0.1, 0.15) is 29.0 Å². The second-order valence-corrected chi connectivity index (χ2v) is 6.19. The molecule has 1 aliphatic rings. The number of hydrogen-bond acceptors (Lipinski definition) is 4. The number of halogens is 1. The van der Waals surface area contributed by atoms with E-state index in [1.165, 1.54) is 0 Å². The minimum atomic E-state index is -0.256. The summed E-state index contributed by atoms with van der Waals surface area (Å²) in [7, 11) is 0. The van der Waals surface area contributed by atoms with E-state index >= 15 is 0 Å². The van der Waals surface area contributed by atoms with Gasteiger partial charge >= 0.3 is 0 Å². The monoisotopic (exact) mass is 320 g/mol. The van der Waals surface area contributed by atoms with E-state index < -0.39 is 0 Å². The second kappa shape index (κ2) is 5.74. The first kappa shape index (κ1) is 15.1. The van der Waals surface area contributed by atoms with Crippen molar-refractivity contribution in [2.24, 2.45) is 5.41 Å². The second-order valence-electron chi connectivity index (χ2n) is 5.78. The molecule has 1 fully saturated rings. The Morgan fingerprint density at radius 2 is 2.18 bits per heavy atom. The summed E-state index contributed by atoms with van der Waals surface area (Å²) in [6, 6.07) is 7.19. The van der Waals surface area contributed by atoms with Crippen LogP contribution in [0.15, 0.2) is 28.8 Å². The van der Waals surface area contributed by atoms with Gasteiger partial charge in [-0.3, -0.25) is 4.79 Å². The third-order valence-corrected chi connectivity index (χ3v) is 4.46. The molecule has 0 saturated heterocycles. The van der Waals surface area contributed by atoms with Crippen LogP contribution in [0.5, 0.6) is 0 Å². The molecule has 2 N–H and O–H groups in total. The van der Waals surface area contributed by atoms with Crippen molar-refractivity contribution in [2.75, 3.05) is 13.2 Å². The zero-order valence-electron chi connectivity index (χ0n) is 12.2. The van der Waals surface area contributed by atoms with Gasteiger partial charge in [0, 0.05) is 17.5 Å². The van der Waals surface area contributed by atoms with Crippen molar-refractivity contribution in [1.29, 1.82) is 0 Å². The van der Waals surface area contributed by atoms with Crippen molar-refractivity contribution in [3.05, 3.63) is 40.6 Å². The Balaban J connectivity index is 1.86. The number of rotatable bonds is 5. The minimum absolute atomic E-state index is 0.0905. The van der Waals surface area contributed by atoms with Gasteiger partial charge < -0.3 is 14.9 Å². The van der Waals surface area contributed by atoms with Crippen molar-refractivity contribution in [3.63, 3.8) is 0 Å². The number of carbonyl (C=O) groups excluding carboxylic acids is 1. The summed E-state index contributed by atoms with van der Waals surface area (Å²) < 4.78 is 5.18. The molecule has 3 rings (SSSR count). The molecule has 0 unspecified atom stereocenters. The van der Waals surface area contributed by atoms with Crippen molar-refractivity contribution in [1.82, 2.24) is 10.5 Å². The van der Waals surface area contributed by atoms with Crippen LogP contribution in [0, 0.1) is 12.3 Å². The molecule has 1 saturated carbocycles. The summed E-state index contributed by atoms with van der Waals surface area (Å²) in [5.74, 6) is 0.189. The molecule has 1 amide bonds. The molecule has 0 aliphatic heterocycles. The van der Waals surface area contributed by atoms with Crippen molar-refractivity contribution >= 4 is 17.5 Å². The van der Waals surface area contributed by atoms with E-state index in [1.54, 1.807) is 19.1 Å². The summed E-state index contributed by atoms with van der Waals surface area (Å²) in [6.07, 6.45) is 1.87. The van der Waals surface area contributed by atoms with Crippen LogP contribution in [-0.2, 0) is 0 Å². The van der Waals surface area contributed by atoms with Gasteiger partial charge in [0.2, 0.25) is 0 Å². The van der Waals surface area contributed by atoms with Crippen LogP contribution >= 0.6 is 11.6 Å². The molecule has 0 bridgehead atoms. The first-order valence-corrected chi connectivity index (χ1v) is 7.54. The maximum Gasteiger partial charge on any atom is 0.257 e. The van der Waals surface area contributed by atoms with Crippen molar-refractivity contribution < 1.29 is 14.4 Å². The highest BCUT2D eigenvalue weighted by Crippen LogP contribution is 2.44. The Morgan fingerprint density at radius 1 is 1.45 bits per heavy atom. The Kier molecular flexibility index (Phi) is 3.93. The number of benzene rings is 1. The number of carbonyl (C=O) groups is 1. The molecular weight excluding hydrogens is 304 g/mol. The molecule has 5 nitrogen and oxygen atoms in total. The topological polar surface area (TPSA) is 75.4 Å². The van der Waals surface area contributed by atoms with Crippen LogP contribution in [0.3, 0.4) is 0 Å². The van der Waals surface area contributed by atoms with Gasteiger partial charge in [0.1, 0.15) is 17.0 Å². The summed E-state index contributed by atoms with van der Waals surface area (Å²) in [4.78, 5) is 12.5. The third kappa shape index (κ3) is 2.74. The largest absolute Gasteiger partial charge is 0.396 e. The third-order valence-electron chi connectivity index (χ3n) is 4.14. The molecular formula is C16H17ClN2O3. The van der Waals surface area contributed by atoms with E-state index in [1.807, 2.05) is 12.1 Å². The lowest BCUT2D eigenvalue weighted by atomic mass is 10.0. The molecule has 2 aromatic rings. The highest BCUT2D eigenvalue weighted by molar-refractivity contribution is 6.33. The van der Waals surface area contributed by atoms with Crippen LogP contribution < -0.4 is 5.32 Å². The fourth-order valence-electron chi connectivity index (χ4n) is 2.40. The van der Waals surface area contributed by atoms with E-state index in [-0.39, 0.29) is 17.9 Å². The number of aromatic nitrogens is 1. The number of aryl methyl sites for hydroxylation is 1. The summed E-state index contributed by atoms with van der Waals surface area (Å²) in [5, 5.41) is 16.7. The normalized spacial score (nSPS) is 15.6. The number of amides is 1. The van der Waals surface area contributed by atoms with E-state index in [4.69, 9.17) is 16.1 Å². The molecule has 1 heterocycles. The average Bonchev–Trinajstić information content (AvgIpc) is 3.21. The molecule has 1 aromatic carbocycles. The van der Waals surface area contributed by atoms with Crippen LogP contribution in [-0.4, -0.2) is 29.3 Å². The highest BCUT2D eigenvalue weighted by atomic mass is 35.5. The Morgan fingerprint density at radius 3 is 2.82 bits per heavy atom. The Bertz CT molecular complexity index is 707. The first-order valence-electron chi connectivity index (χ1n) is 7.16. The van der Waals surface area contributed by atoms with Crippen molar-refractivity contribution in [3.8, 4) is 11.3 Å². The maximum absolute atomic E-state index is 12.5. The van der Waals surface area contributed by atoms with Gasteiger partial charge in [0.05, 0.1) is 11.6 Å². The number of nitrogens with one attached hydrogen (secondary N) is 1. The Labute approximate surface area is 133 Å². The van der Waals surface area contributed by atoms with E-state index in [9.17, 15) is 9.90 Å². The average molecular weight is 321 g/mol. The maximum atomic E-state index is 12.5.